The third kappa shape index (κ3) is 3.36. The minimum atomic E-state index is -0.541. The molecule has 1 unspecified atom stereocenters. The van der Waals surface area contributed by atoms with Gasteiger partial charge in [-0.05, 0) is 30.2 Å². The number of fused-ring (bicyclic) bond motifs is 1. The molecule has 1 aliphatic rings. The van der Waals surface area contributed by atoms with E-state index in [-0.39, 0.29) is 5.82 Å². The zero-order valence-electron chi connectivity index (χ0n) is 15.0. The third-order valence-electron chi connectivity index (χ3n) is 4.41. The minimum Gasteiger partial charge on any atom is -0.366 e. The Kier molecular flexibility index (Phi) is 4.82. The van der Waals surface area contributed by atoms with E-state index in [1.165, 1.54) is 17.8 Å². The van der Waals surface area contributed by atoms with Gasteiger partial charge in [-0.1, -0.05) is 36.0 Å². The van der Waals surface area contributed by atoms with Crippen LogP contribution < -0.4 is 11.1 Å². The summed E-state index contributed by atoms with van der Waals surface area (Å²) >= 11 is 1.32. The second kappa shape index (κ2) is 7.43. The highest BCUT2D eigenvalue weighted by Crippen LogP contribution is 2.35. The number of hydrogen-bond donors (Lipinski definition) is 2. The van der Waals surface area contributed by atoms with Gasteiger partial charge in [-0.25, -0.2) is 9.07 Å². The van der Waals surface area contributed by atoms with E-state index in [0.29, 0.717) is 33.7 Å². The van der Waals surface area contributed by atoms with E-state index in [1.54, 1.807) is 48.3 Å². The van der Waals surface area contributed by atoms with Gasteiger partial charge in [0.15, 0.2) is 0 Å². The molecule has 1 aliphatic heterocycles. The number of nitrogens with zero attached hydrogens (tertiary/aromatic N) is 4. The number of carbonyl (C=O) groups excluding carboxylic acids is 1. The fourth-order valence-corrected chi connectivity index (χ4v) is 3.93. The number of thioether (sulfide) groups is 1. The van der Waals surface area contributed by atoms with Crippen molar-refractivity contribution in [2.75, 3.05) is 5.32 Å². The summed E-state index contributed by atoms with van der Waals surface area (Å²) in [5.74, 6) is 0.0785. The number of anilines is 1. The Morgan fingerprint density at radius 1 is 1.32 bits per heavy atom. The van der Waals surface area contributed by atoms with Crippen molar-refractivity contribution >= 4 is 23.6 Å². The van der Waals surface area contributed by atoms with Crippen molar-refractivity contribution in [2.45, 2.75) is 23.9 Å². The first-order valence-corrected chi connectivity index (χ1v) is 9.53. The number of aromatic nitrogens is 4. The molecule has 1 aromatic carbocycles. The van der Waals surface area contributed by atoms with Gasteiger partial charge in [0, 0.05) is 23.8 Å². The molecule has 9 heteroatoms. The van der Waals surface area contributed by atoms with Crippen LogP contribution >= 0.6 is 11.8 Å². The van der Waals surface area contributed by atoms with Gasteiger partial charge in [0.25, 0.3) is 0 Å². The summed E-state index contributed by atoms with van der Waals surface area (Å²) in [5.41, 5.74) is 8.00. The first kappa shape index (κ1) is 18.2. The van der Waals surface area contributed by atoms with Gasteiger partial charge in [0.2, 0.25) is 17.0 Å². The zero-order chi connectivity index (χ0) is 19.7. The van der Waals surface area contributed by atoms with Crippen LogP contribution in [0.3, 0.4) is 0 Å². The number of rotatable bonds is 5. The molecule has 0 fully saturated rings. The summed E-state index contributed by atoms with van der Waals surface area (Å²) in [4.78, 5) is 20.7. The number of carbonyl (C=O) groups is 1. The molecule has 142 valence electrons. The van der Waals surface area contributed by atoms with Gasteiger partial charge in [-0.15, -0.1) is 5.10 Å². The smallest absolute Gasteiger partial charge is 0.248 e. The van der Waals surface area contributed by atoms with Gasteiger partial charge >= 0.3 is 0 Å². The van der Waals surface area contributed by atoms with Crippen molar-refractivity contribution in [2.24, 2.45) is 5.73 Å². The van der Waals surface area contributed by atoms with Crippen molar-refractivity contribution in [3.63, 3.8) is 0 Å². The first-order valence-electron chi connectivity index (χ1n) is 8.55. The number of benzene rings is 1. The lowest BCUT2D eigenvalue weighted by Gasteiger charge is -2.27. The molecule has 1 atom stereocenters. The number of halogens is 1. The van der Waals surface area contributed by atoms with E-state index in [9.17, 15) is 9.18 Å². The molecule has 0 saturated heterocycles. The quantitative estimate of drug-likeness (QED) is 0.644. The number of nitrogens with two attached hydrogens (primary N) is 1. The van der Waals surface area contributed by atoms with E-state index >= 15 is 0 Å². The van der Waals surface area contributed by atoms with Crippen LogP contribution in [-0.4, -0.2) is 25.7 Å². The molecule has 7 nitrogen and oxygen atoms in total. The zero-order valence-corrected chi connectivity index (χ0v) is 15.8. The molecule has 3 aromatic rings. The van der Waals surface area contributed by atoms with Crippen molar-refractivity contribution in [3.8, 4) is 0 Å². The Labute approximate surface area is 164 Å². The lowest BCUT2D eigenvalue weighted by atomic mass is 9.97. The normalized spacial score (nSPS) is 15.9. The maximum absolute atomic E-state index is 13.9. The topological polar surface area (TPSA) is 98.7 Å². The summed E-state index contributed by atoms with van der Waals surface area (Å²) < 4.78 is 15.5. The molecule has 4 rings (SSSR count). The van der Waals surface area contributed by atoms with E-state index in [4.69, 9.17) is 5.73 Å². The van der Waals surface area contributed by atoms with Gasteiger partial charge in [0.05, 0.1) is 5.57 Å². The van der Waals surface area contributed by atoms with E-state index in [1.807, 2.05) is 6.07 Å². The highest BCUT2D eigenvalue weighted by Gasteiger charge is 2.33. The van der Waals surface area contributed by atoms with Crippen LogP contribution in [0, 0.1) is 5.82 Å². The van der Waals surface area contributed by atoms with E-state index in [2.05, 4.69) is 20.4 Å². The molecule has 0 bridgehead atoms. The largest absolute Gasteiger partial charge is 0.366 e. The molecule has 0 radical (unpaired) electrons. The van der Waals surface area contributed by atoms with Gasteiger partial charge in [0.1, 0.15) is 11.9 Å². The van der Waals surface area contributed by atoms with Crippen LogP contribution in [0.5, 0.6) is 0 Å². The Balaban J connectivity index is 1.68. The monoisotopic (exact) mass is 396 g/mol. The average molecular weight is 396 g/mol. The van der Waals surface area contributed by atoms with E-state index in [0.717, 1.165) is 5.56 Å². The maximum Gasteiger partial charge on any atom is 0.248 e. The molecule has 0 saturated carbocycles. The predicted octanol–water partition coefficient (Wildman–Crippen LogP) is 2.88. The molecule has 3 heterocycles. The van der Waals surface area contributed by atoms with Crippen molar-refractivity contribution in [3.05, 3.63) is 77.0 Å². The number of allylic oxidation sites excluding steroid dienone is 1. The highest BCUT2D eigenvalue weighted by molar-refractivity contribution is 7.98. The maximum atomic E-state index is 13.9. The van der Waals surface area contributed by atoms with Gasteiger partial charge < -0.3 is 11.1 Å². The van der Waals surface area contributed by atoms with Crippen LogP contribution in [0.4, 0.5) is 10.3 Å². The van der Waals surface area contributed by atoms with Crippen LogP contribution in [0.2, 0.25) is 0 Å². The number of pyridine rings is 1. The average Bonchev–Trinajstić information content (AvgIpc) is 3.09. The number of nitrogens with one attached hydrogen (secondary N) is 1. The fraction of sp³-hybridized carbons (Fsp3) is 0.158. The van der Waals surface area contributed by atoms with Crippen LogP contribution in [0.25, 0.3) is 0 Å². The van der Waals surface area contributed by atoms with Crippen LogP contribution in [0.1, 0.15) is 24.1 Å². The predicted molar refractivity (Wildman–Crippen MR) is 104 cm³/mol. The molecule has 0 aliphatic carbocycles. The summed E-state index contributed by atoms with van der Waals surface area (Å²) in [5, 5.41) is 8.09. The SMILES string of the molecule is CC1=C(C(N)=O)C(c2cccnc2)n2nc(SCc3ccccc3F)nc2N1. The summed E-state index contributed by atoms with van der Waals surface area (Å²) in [7, 11) is 0. The number of hydrogen-bond acceptors (Lipinski definition) is 6. The summed E-state index contributed by atoms with van der Waals surface area (Å²) in [6.45, 7) is 1.77. The summed E-state index contributed by atoms with van der Waals surface area (Å²) in [6, 6.07) is 9.71. The molecular formula is C19H17FN6OS. The first-order chi connectivity index (χ1) is 13.5. The fourth-order valence-electron chi connectivity index (χ4n) is 3.12. The van der Waals surface area contributed by atoms with Crippen molar-refractivity contribution in [1.29, 1.82) is 0 Å². The third-order valence-corrected chi connectivity index (χ3v) is 5.30. The Bertz CT molecular complexity index is 1070. The van der Waals surface area contributed by atoms with E-state index < -0.39 is 11.9 Å². The van der Waals surface area contributed by atoms with Crippen molar-refractivity contribution in [1.82, 2.24) is 19.7 Å². The molecule has 0 spiro atoms. The van der Waals surface area contributed by atoms with Crippen molar-refractivity contribution < 1.29 is 9.18 Å². The lowest BCUT2D eigenvalue weighted by Crippen LogP contribution is -2.31. The Morgan fingerprint density at radius 3 is 2.86 bits per heavy atom. The molecular weight excluding hydrogens is 379 g/mol. The van der Waals surface area contributed by atoms with Gasteiger partial charge in [-0.3, -0.25) is 9.78 Å². The van der Waals surface area contributed by atoms with Crippen LogP contribution in [0.15, 0.2) is 65.2 Å². The standard InChI is InChI=1S/C19H17FN6OS/c1-11-15(17(21)27)16(12-6-4-8-22-9-12)26-18(23-11)24-19(25-26)28-10-13-5-2-3-7-14(13)20/h2-9,16H,10H2,1H3,(H2,21,27)(H,23,24,25). The number of amides is 1. The second-order valence-electron chi connectivity index (χ2n) is 6.26. The minimum absolute atomic E-state index is 0.265. The van der Waals surface area contributed by atoms with Gasteiger partial charge in [-0.2, -0.15) is 4.98 Å². The number of primary amides is 1. The van der Waals surface area contributed by atoms with Crippen LogP contribution in [-0.2, 0) is 10.5 Å². The molecule has 3 N–H and O–H groups in total. The summed E-state index contributed by atoms with van der Waals surface area (Å²) in [6.07, 6.45) is 3.33. The molecule has 1 amide bonds. The molecule has 28 heavy (non-hydrogen) atoms. The second-order valence-corrected chi connectivity index (χ2v) is 7.20. The molecule has 2 aromatic heterocycles. The lowest BCUT2D eigenvalue weighted by molar-refractivity contribution is -0.115. The Hall–Kier alpha value is -3.20. The Morgan fingerprint density at radius 2 is 2.14 bits per heavy atom. The highest BCUT2D eigenvalue weighted by atomic mass is 32.2.